The molecule has 1 fully saturated rings. The van der Waals surface area contributed by atoms with Crippen molar-refractivity contribution < 1.29 is 14.7 Å². The zero-order valence-electron chi connectivity index (χ0n) is 10.6. The fourth-order valence-electron chi connectivity index (χ4n) is 2.20. The lowest BCUT2D eigenvalue weighted by Gasteiger charge is -2.19. The van der Waals surface area contributed by atoms with E-state index < -0.39 is 12.6 Å². The Kier molecular flexibility index (Phi) is 4.93. The van der Waals surface area contributed by atoms with Gasteiger partial charge in [-0.3, -0.25) is 9.59 Å². The molecule has 104 valence electrons. The van der Waals surface area contributed by atoms with Gasteiger partial charge < -0.3 is 15.7 Å². The quantitative estimate of drug-likeness (QED) is 0.750. The maximum absolute atomic E-state index is 12.0. The van der Waals surface area contributed by atoms with Crippen molar-refractivity contribution in [1.29, 1.82) is 0 Å². The van der Waals surface area contributed by atoms with Gasteiger partial charge in [0.05, 0.1) is 11.5 Å². The predicted octanol–water partition coefficient (Wildman–Crippen LogP) is 0.898. The van der Waals surface area contributed by atoms with Gasteiger partial charge in [0.15, 0.2) is 0 Å². The second kappa shape index (κ2) is 6.68. The number of hydrogen-bond donors (Lipinski definition) is 3. The van der Waals surface area contributed by atoms with Crippen molar-refractivity contribution in [3.05, 3.63) is 22.4 Å². The fraction of sp³-hybridized carbons (Fsp3) is 0.538. The van der Waals surface area contributed by atoms with Crippen molar-refractivity contribution >= 4 is 23.2 Å². The zero-order chi connectivity index (χ0) is 13.7. The maximum Gasteiger partial charge on any atom is 0.262 e. The summed E-state index contributed by atoms with van der Waals surface area (Å²) in [6.45, 7) is -0.393. The topological polar surface area (TPSA) is 78.4 Å². The first-order valence-corrected chi connectivity index (χ1v) is 7.34. The molecule has 1 aromatic rings. The van der Waals surface area contributed by atoms with Gasteiger partial charge in [-0.1, -0.05) is 18.9 Å². The number of amides is 2. The number of rotatable bonds is 5. The monoisotopic (exact) mass is 282 g/mol. The number of nitrogens with one attached hydrogen (secondary N) is 2. The Bertz CT molecular complexity index is 427. The molecule has 3 N–H and O–H groups in total. The third kappa shape index (κ3) is 3.78. The van der Waals surface area contributed by atoms with Gasteiger partial charge in [-0.2, -0.15) is 0 Å². The van der Waals surface area contributed by atoms with E-state index in [-0.39, 0.29) is 17.9 Å². The average molecular weight is 282 g/mol. The van der Waals surface area contributed by atoms with Crippen molar-refractivity contribution in [2.24, 2.45) is 0 Å². The van der Waals surface area contributed by atoms with Crippen molar-refractivity contribution in [2.75, 3.05) is 6.61 Å². The van der Waals surface area contributed by atoms with E-state index in [1.165, 1.54) is 11.3 Å². The van der Waals surface area contributed by atoms with Crippen LogP contribution in [0.25, 0.3) is 0 Å². The molecule has 2 amide bonds. The molecule has 1 aliphatic rings. The van der Waals surface area contributed by atoms with Crippen molar-refractivity contribution in [3.63, 3.8) is 0 Å². The molecule has 1 heterocycles. The first-order chi connectivity index (χ1) is 9.20. The van der Waals surface area contributed by atoms with Gasteiger partial charge in [0.1, 0.15) is 6.04 Å². The Morgan fingerprint density at radius 1 is 1.42 bits per heavy atom. The average Bonchev–Trinajstić information content (AvgIpc) is 3.07. The Morgan fingerprint density at radius 3 is 2.74 bits per heavy atom. The summed E-state index contributed by atoms with van der Waals surface area (Å²) in [5.74, 6) is -0.630. The molecule has 0 aliphatic heterocycles. The molecule has 0 spiro atoms. The Balaban J connectivity index is 1.88. The lowest BCUT2D eigenvalue weighted by molar-refractivity contribution is -0.124. The maximum atomic E-state index is 12.0. The first kappa shape index (κ1) is 14.0. The van der Waals surface area contributed by atoms with Crippen LogP contribution in [0.2, 0.25) is 0 Å². The molecule has 0 aromatic carbocycles. The van der Waals surface area contributed by atoms with Gasteiger partial charge in [0.2, 0.25) is 5.91 Å². The second-order valence-electron chi connectivity index (χ2n) is 4.68. The Hall–Kier alpha value is -1.40. The molecule has 0 saturated heterocycles. The summed E-state index contributed by atoms with van der Waals surface area (Å²) in [5, 5.41) is 16.5. The number of aliphatic hydroxyl groups is 1. The summed E-state index contributed by atoms with van der Waals surface area (Å²) in [6, 6.07) is 2.76. The lowest BCUT2D eigenvalue weighted by atomic mass is 10.2. The molecule has 1 saturated carbocycles. The SMILES string of the molecule is O=C(NC(CO)C(=O)NC1CCCC1)c1cccs1. The largest absolute Gasteiger partial charge is 0.394 e. The highest BCUT2D eigenvalue weighted by Crippen LogP contribution is 2.17. The summed E-state index contributed by atoms with van der Waals surface area (Å²) in [7, 11) is 0. The van der Waals surface area contributed by atoms with E-state index in [0.29, 0.717) is 4.88 Å². The van der Waals surface area contributed by atoms with Crippen LogP contribution in [0.3, 0.4) is 0 Å². The second-order valence-corrected chi connectivity index (χ2v) is 5.62. The molecular weight excluding hydrogens is 264 g/mol. The minimum Gasteiger partial charge on any atom is -0.394 e. The summed E-state index contributed by atoms with van der Waals surface area (Å²) >= 11 is 1.30. The highest BCUT2D eigenvalue weighted by atomic mass is 32.1. The molecule has 0 radical (unpaired) electrons. The van der Waals surface area contributed by atoms with E-state index in [1.807, 2.05) is 0 Å². The summed E-state index contributed by atoms with van der Waals surface area (Å²) in [5.41, 5.74) is 0. The van der Waals surface area contributed by atoms with E-state index in [1.54, 1.807) is 17.5 Å². The molecule has 1 aromatic heterocycles. The van der Waals surface area contributed by atoms with Gasteiger partial charge in [-0.25, -0.2) is 0 Å². The van der Waals surface area contributed by atoms with E-state index in [2.05, 4.69) is 10.6 Å². The van der Waals surface area contributed by atoms with Crippen molar-refractivity contribution in [3.8, 4) is 0 Å². The standard InChI is InChI=1S/C13H18N2O3S/c16-8-10(12(17)14-9-4-1-2-5-9)15-13(18)11-6-3-7-19-11/h3,6-7,9-10,16H,1-2,4-5,8H2,(H,14,17)(H,15,18). The number of carbonyl (C=O) groups is 2. The third-order valence-electron chi connectivity index (χ3n) is 3.25. The Labute approximate surface area is 116 Å². The molecule has 19 heavy (non-hydrogen) atoms. The lowest BCUT2D eigenvalue weighted by Crippen LogP contribution is -2.50. The van der Waals surface area contributed by atoms with Crippen LogP contribution in [0.15, 0.2) is 17.5 Å². The van der Waals surface area contributed by atoms with Gasteiger partial charge in [-0.15, -0.1) is 11.3 Å². The molecule has 1 atom stereocenters. The van der Waals surface area contributed by atoms with Crippen LogP contribution in [0.4, 0.5) is 0 Å². The van der Waals surface area contributed by atoms with Crippen LogP contribution in [0.5, 0.6) is 0 Å². The van der Waals surface area contributed by atoms with E-state index in [0.717, 1.165) is 25.7 Å². The van der Waals surface area contributed by atoms with Gasteiger partial charge >= 0.3 is 0 Å². The fourth-order valence-corrected chi connectivity index (χ4v) is 2.83. The minimum absolute atomic E-state index is 0.181. The zero-order valence-corrected chi connectivity index (χ0v) is 11.4. The van der Waals surface area contributed by atoms with Gasteiger partial charge in [0, 0.05) is 6.04 Å². The van der Waals surface area contributed by atoms with Crippen LogP contribution in [0, 0.1) is 0 Å². The van der Waals surface area contributed by atoms with Crippen LogP contribution in [-0.4, -0.2) is 35.6 Å². The number of thiophene rings is 1. The van der Waals surface area contributed by atoms with E-state index in [4.69, 9.17) is 0 Å². The first-order valence-electron chi connectivity index (χ1n) is 6.46. The summed E-state index contributed by atoms with van der Waals surface area (Å²) in [6.07, 6.45) is 4.19. The van der Waals surface area contributed by atoms with Crippen LogP contribution < -0.4 is 10.6 Å². The number of hydrogen-bond acceptors (Lipinski definition) is 4. The minimum atomic E-state index is -0.879. The third-order valence-corrected chi connectivity index (χ3v) is 4.12. The predicted molar refractivity (Wildman–Crippen MR) is 73.1 cm³/mol. The Morgan fingerprint density at radius 2 is 2.16 bits per heavy atom. The number of aliphatic hydroxyl groups excluding tert-OH is 1. The molecule has 5 nitrogen and oxygen atoms in total. The van der Waals surface area contributed by atoms with Crippen LogP contribution in [-0.2, 0) is 4.79 Å². The molecule has 2 rings (SSSR count). The molecule has 1 unspecified atom stereocenters. The highest BCUT2D eigenvalue weighted by molar-refractivity contribution is 7.12. The van der Waals surface area contributed by atoms with Crippen LogP contribution >= 0.6 is 11.3 Å². The number of carbonyl (C=O) groups excluding carboxylic acids is 2. The molecule has 0 bridgehead atoms. The van der Waals surface area contributed by atoms with Crippen molar-refractivity contribution in [1.82, 2.24) is 10.6 Å². The molecular formula is C13H18N2O3S. The van der Waals surface area contributed by atoms with Crippen LogP contribution in [0.1, 0.15) is 35.4 Å². The molecule has 1 aliphatic carbocycles. The smallest absolute Gasteiger partial charge is 0.262 e. The normalized spacial score (nSPS) is 17.1. The van der Waals surface area contributed by atoms with Gasteiger partial charge in [0.25, 0.3) is 5.91 Å². The van der Waals surface area contributed by atoms with E-state index in [9.17, 15) is 14.7 Å². The van der Waals surface area contributed by atoms with E-state index >= 15 is 0 Å². The molecule has 6 heteroatoms. The summed E-state index contributed by atoms with van der Waals surface area (Å²) in [4.78, 5) is 24.3. The highest BCUT2D eigenvalue weighted by Gasteiger charge is 2.24. The summed E-state index contributed by atoms with van der Waals surface area (Å²) < 4.78 is 0. The van der Waals surface area contributed by atoms with Gasteiger partial charge in [-0.05, 0) is 24.3 Å². The van der Waals surface area contributed by atoms with Crippen molar-refractivity contribution in [2.45, 2.75) is 37.8 Å².